The standard InChI is InChI=1S/C31H29NO6.C25H25NO6/c1-21(31(36)38-19-23-8-4-2-5-9-23)16-26(32-30(35)29-18-27(33)28(34)20-37-29)17-22-12-14-25(15-13-22)24-10-6-3-7-11-24;1-16(25(29)30)12-20(26-24(28)22-14-21(27)23(31-2)15-32-22)13-17-8-10-19(11-9-17)18-6-4-3-5-7-18/h2-15,18,20-21,26,34H,16-17,19H2,1H3,(H,32,35);3-11,14-16,20H,12-13H2,1-2H3,(H,26,28)(H,29,30)/t21-,26+;16-,20+/m11/s1. The maximum Gasteiger partial charge on any atom is 0.309 e. The Labute approximate surface area is 404 Å². The number of amides is 2. The molecule has 0 spiro atoms. The van der Waals surface area contributed by atoms with Gasteiger partial charge in [0.15, 0.2) is 17.3 Å². The minimum Gasteiger partial charge on any atom is -0.502 e. The van der Waals surface area contributed by atoms with Gasteiger partial charge in [0.2, 0.25) is 16.6 Å². The lowest BCUT2D eigenvalue weighted by atomic mass is 9.94. The van der Waals surface area contributed by atoms with Crippen LogP contribution in [0.2, 0.25) is 0 Å². The quantitative estimate of drug-likeness (QED) is 0.0560. The number of aromatic hydroxyl groups is 1. The summed E-state index contributed by atoms with van der Waals surface area (Å²) in [6.45, 7) is 3.51. The number of benzene rings is 5. The minimum atomic E-state index is -0.945. The van der Waals surface area contributed by atoms with Crippen LogP contribution in [0.25, 0.3) is 22.3 Å². The Bertz CT molecular complexity index is 2940. The van der Waals surface area contributed by atoms with Crippen molar-refractivity contribution in [2.45, 2.75) is 58.2 Å². The molecule has 0 aliphatic carbocycles. The summed E-state index contributed by atoms with van der Waals surface area (Å²) in [5.74, 6) is -4.65. The molecule has 5 aromatic carbocycles. The number of methoxy groups -OCH3 is 1. The molecule has 70 heavy (non-hydrogen) atoms. The molecule has 2 heterocycles. The summed E-state index contributed by atoms with van der Waals surface area (Å²) in [4.78, 5) is 73.3. The van der Waals surface area contributed by atoms with Crippen molar-refractivity contribution < 1.29 is 47.7 Å². The molecule has 0 radical (unpaired) electrons. The van der Waals surface area contributed by atoms with Crippen molar-refractivity contribution in [1.29, 1.82) is 0 Å². The SMILES string of the molecule is COc1coc(C(=O)N[C@H](Cc2ccc(-c3ccccc3)cc2)C[C@@H](C)C(=O)O)cc1=O.C[C@H](C[C@@H](Cc1ccc(-c2ccccc2)cc1)NC(=O)c1cc(=O)c(O)co1)C(=O)OCc1ccccc1. The van der Waals surface area contributed by atoms with E-state index in [0.29, 0.717) is 19.3 Å². The van der Waals surface area contributed by atoms with Crippen molar-refractivity contribution in [3.05, 3.63) is 213 Å². The van der Waals surface area contributed by atoms with Crippen LogP contribution < -0.4 is 26.2 Å². The lowest BCUT2D eigenvalue weighted by molar-refractivity contribution is -0.149. The molecule has 0 saturated carbocycles. The molecule has 0 aliphatic rings. The summed E-state index contributed by atoms with van der Waals surface area (Å²) in [5.41, 5.74) is 5.93. The second kappa shape index (κ2) is 25.0. The lowest BCUT2D eigenvalue weighted by Crippen LogP contribution is -2.39. The zero-order valence-electron chi connectivity index (χ0n) is 38.9. The van der Waals surface area contributed by atoms with Gasteiger partial charge in [-0.15, -0.1) is 0 Å². The largest absolute Gasteiger partial charge is 0.502 e. The zero-order valence-corrected chi connectivity index (χ0v) is 38.9. The first-order chi connectivity index (χ1) is 33.8. The van der Waals surface area contributed by atoms with Crippen LogP contribution in [0.3, 0.4) is 0 Å². The van der Waals surface area contributed by atoms with Crippen LogP contribution in [-0.2, 0) is 33.8 Å². The topological polar surface area (TPSA) is 212 Å². The summed E-state index contributed by atoms with van der Waals surface area (Å²) in [6.07, 6.45) is 3.31. The summed E-state index contributed by atoms with van der Waals surface area (Å²) in [6, 6.07) is 46.3. The molecule has 0 aliphatic heterocycles. The van der Waals surface area contributed by atoms with Gasteiger partial charge in [-0.25, -0.2) is 0 Å². The fourth-order valence-corrected chi connectivity index (χ4v) is 7.51. The third-order valence-electron chi connectivity index (χ3n) is 11.4. The third-order valence-corrected chi connectivity index (χ3v) is 11.4. The molecule has 0 unspecified atom stereocenters. The molecule has 4 atom stereocenters. The number of hydrogen-bond donors (Lipinski definition) is 4. The van der Waals surface area contributed by atoms with Crippen LogP contribution in [0.15, 0.2) is 183 Å². The van der Waals surface area contributed by atoms with E-state index in [9.17, 15) is 39.0 Å². The van der Waals surface area contributed by atoms with Crippen LogP contribution in [0.5, 0.6) is 11.5 Å². The van der Waals surface area contributed by atoms with Crippen molar-refractivity contribution in [3.8, 4) is 33.8 Å². The van der Waals surface area contributed by atoms with Crippen LogP contribution >= 0.6 is 0 Å². The Morgan fingerprint density at radius 1 is 0.557 bits per heavy atom. The number of carbonyl (C=O) groups is 4. The first-order valence-electron chi connectivity index (χ1n) is 22.6. The second-order valence-corrected chi connectivity index (χ2v) is 16.8. The van der Waals surface area contributed by atoms with Gasteiger partial charge in [0.25, 0.3) is 11.8 Å². The van der Waals surface area contributed by atoms with E-state index in [1.54, 1.807) is 13.8 Å². The monoisotopic (exact) mass is 946 g/mol. The highest BCUT2D eigenvalue weighted by Crippen LogP contribution is 2.23. The Morgan fingerprint density at radius 3 is 1.43 bits per heavy atom. The van der Waals surface area contributed by atoms with Crippen molar-refractivity contribution in [3.63, 3.8) is 0 Å². The molecule has 4 N–H and O–H groups in total. The summed E-state index contributed by atoms with van der Waals surface area (Å²) in [7, 11) is 1.33. The molecule has 360 valence electrons. The van der Waals surface area contributed by atoms with E-state index in [1.165, 1.54) is 7.11 Å². The predicted molar refractivity (Wildman–Crippen MR) is 263 cm³/mol. The van der Waals surface area contributed by atoms with E-state index in [2.05, 4.69) is 10.6 Å². The first kappa shape index (κ1) is 50.9. The second-order valence-electron chi connectivity index (χ2n) is 16.8. The number of hydrogen-bond acceptors (Lipinski definition) is 11. The Kier molecular flexibility index (Phi) is 18.2. The Balaban J connectivity index is 0.000000233. The molecular weight excluding hydrogens is 893 g/mol. The summed E-state index contributed by atoms with van der Waals surface area (Å²) in [5, 5.41) is 24.4. The highest BCUT2D eigenvalue weighted by molar-refractivity contribution is 5.92. The molecule has 14 heteroatoms. The van der Waals surface area contributed by atoms with Gasteiger partial charge in [-0.3, -0.25) is 28.8 Å². The Morgan fingerprint density at radius 2 is 0.986 bits per heavy atom. The fraction of sp³-hybridized carbons (Fsp3) is 0.214. The van der Waals surface area contributed by atoms with Gasteiger partial charge in [0, 0.05) is 24.2 Å². The number of esters is 1. The van der Waals surface area contributed by atoms with E-state index in [1.807, 2.05) is 140 Å². The number of carbonyl (C=O) groups excluding carboxylic acids is 3. The number of carboxylic acid groups (broad SMARTS) is 1. The van der Waals surface area contributed by atoms with E-state index in [0.717, 1.165) is 63.6 Å². The average molecular weight is 947 g/mol. The van der Waals surface area contributed by atoms with E-state index < -0.39 is 58.3 Å². The predicted octanol–water partition coefficient (Wildman–Crippen LogP) is 8.89. The van der Waals surface area contributed by atoms with Gasteiger partial charge in [-0.2, -0.15) is 0 Å². The summed E-state index contributed by atoms with van der Waals surface area (Å²) < 4.78 is 20.7. The molecule has 7 rings (SSSR count). The van der Waals surface area contributed by atoms with Crippen LogP contribution in [0.1, 0.15) is 64.5 Å². The number of aliphatic carboxylic acids is 1. The fourth-order valence-electron chi connectivity index (χ4n) is 7.51. The first-order valence-corrected chi connectivity index (χ1v) is 22.6. The highest BCUT2D eigenvalue weighted by atomic mass is 16.5. The number of rotatable bonds is 19. The number of carboxylic acids is 1. The summed E-state index contributed by atoms with van der Waals surface area (Å²) >= 11 is 0. The maximum absolute atomic E-state index is 12.9. The molecule has 14 nitrogen and oxygen atoms in total. The smallest absolute Gasteiger partial charge is 0.309 e. The van der Waals surface area contributed by atoms with Crippen molar-refractivity contribution >= 4 is 23.8 Å². The van der Waals surface area contributed by atoms with Gasteiger partial charge in [-0.05, 0) is 64.6 Å². The lowest BCUT2D eigenvalue weighted by Gasteiger charge is -2.22. The normalized spacial score (nSPS) is 12.4. The van der Waals surface area contributed by atoms with Gasteiger partial charge in [0.1, 0.15) is 19.1 Å². The number of nitrogens with one attached hydrogen (secondary N) is 2. The Hall–Kier alpha value is -8.52. The van der Waals surface area contributed by atoms with Crippen molar-refractivity contribution in [1.82, 2.24) is 10.6 Å². The van der Waals surface area contributed by atoms with Crippen LogP contribution in [0, 0.1) is 11.8 Å². The number of ether oxygens (including phenoxy) is 2. The molecule has 7 aromatic rings. The van der Waals surface area contributed by atoms with Crippen LogP contribution in [0.4, 0.5) is 0 Å². The molecule has 2 amide bonds. The average Bonchev–Trinajstić information content (AvgIpc) is 3.37. The molecule has 0 saturated heterocycles. The van der Waals surface area contributed by atoms with E-state index >= 15 is 0 Å². The van der Waals surface area contributed by atoms with Crippen molar-refractivity contribution in [2.75, 3.05) is 7.11 Å². The van der Waals surface area contributed by atoms with E-state index in [4.69, 9.17) is 18.3 Å². The minimum absolute atomic E-state index is 0.00361. The molecular formula is C56H54N2O12. The van der Waals surface area contributed by atoms with Crippen LogP contribution in [-0.4, -0.2) is 53.2 Å². The van der Waals surface area contributed by atoms with Gasteiger partial charge in [-0.1, -0.05) is 153 Å². The highest BCUT2D eigenvalue weighted by Gasteiger charge is 2.25. The molecule has 0 fully saturated rings. The zero-order chi connectivity index (χ0) is 50.0. The third kappa shape index (κ3) is 15.0. The molecule has 2 aromatic heterocycles. The van der Waals surface area contributed by atoms with Crippen molar-refractivity contribution in [2.24, 2.45) is 11.8 Å². The van der Waals surface area contributed by atoms with Gasteiger partial charge in [0.05, 0.1) is 18.9 Å². The van der Waals surface area contributed by atoms with Gasteiger partial charge < -0.3 is 39.2 Å². The molecule has 0 bridgehead atoms. The van der Waals surface area contributed by atoms with Gasteiger partial charge >= 0.3 is 11.9 Å². The maximum atomic E-state index is 12.9. The van der Waals surface area contributed by atoms with E-state index in [-0.39, 0.29) is 36.3 Å².